The maximum absolute atomic E-state index is 14.7. The average Bonchev–Trinajstić information content (AvgIpc) is 2.80. The summed E-state index contributed by atoms with van der Waals surface area (Å²) in [6, 6.07) is 7.23. The zero-order chi connectivity index (χ0) is 26.7. The highest BCUT2D eigenvalue weighted by molar-refractivity contribution is 6.03. The van der Waals surface area contributed by atoms with Gasteiger partial charge in [0.05, 0.1) is 12.2 Å². The molecule has 0 saturated carbocycles. The number of halogens is 3. The van der Waals surface area contributed by atoms with E-state index in [1.807, 2.05) is 6.07 Å². The van der Waals surface area contributed by atoms with E-state index in [4.69, 9.17) is 14.7 Å². The highest BCUT2D eigenvalue weighted by atomic mass is 19.3. The molecule has 2 unspecified atom stereocenters. The Morgan fingerprint density at radius 2 is 1.97 bits per heavy atom. The number of pyridine rings is 1. The predicted molar refractivity (Wildman–Crippen MR) is 123 cm³/mol. The summed E-state index contributed by atoms with van der Waals surface area (Å²) in [5, 5.41) is 13.6. The quantitative estimate of drug-likeness (QED) is 0.639. The number of ether oxygens (including phenoxy) is 2. The number of carbonyl (C=O) groups excluding carboxylic acids is 2. The molecule has 1 aromatic heterocycles. The van der Waals surface area contributed by atoms with Gasteiger partial charge in [-0.15, -0.1) is 0 Å². The van der Waals surface area contributed by atoms with Crippen LogP contribution >= 0.6 is 0 Å². The molecule has 1 aliphatic rings. The van der Waals surface area contributed by atoms with Crippen LogP contribution < -0.4 is 10.6 Å². The van der Waals surface area contributed by atoms with Crippen molar-refractivity contribution in [3.63, 3.8) is 0 Å². The van der Waals surface area contributed by atoms with Crippen molar-refractivity contribution in [1.82, 2.24) is 10.3 Å². The Morgan fingerprint density at radius 1 is 1.25 bits per heavy atom. The Labute approximate surface area is 205 Å². The second-order valence-electron chi connectivity index (χ2n) is 9.07. The fraction of sp³-hybridized carbons (Fsp3) is 0.375. The van der Waals surface area contributed by atoms with E-state index in [0.717, 1.165) is 13.0 Å². The molecule has 9 nitrogen and oxygen atoms in total. The standard InChI is InChI=1S/C24H24F3N5O4/c1-23(2,3)36-22(34)32-21-24(4,20(26)27)35-12-18(31-21)15-9-14(6-7-16(15)25)30-19(33)17-8-5-13(10-28)11-29-17/h5-9,11,18,20H,12H2,1-4H3,(H,30,33)(H,31,32,34). The molecule has 2 aromatic rings. The third-order valence-electron chi connectivity index (χ3n) is 5.07. The number of alkyl carbamates (subject to hydrolysis) is 1. The number of hydrogen-bond donors (Lipinski definition) is 2. The summed E-state index contributed by atoms with van der Waals surface area (Å²) in [5.41, 5.74) is -2.73. The molecule has 2 atom stereocenters. The number of aliphatic imine (C=N–C) groups is 1. The van der Waals surface area contributed by atoms with Crippen LogP contribution in [-0.2, 0) is 9.47 Å². The van der Waals surface area contributed by atoms with E-state index in [2.05, 4.69) is 20.6 Å². The molecular weight excluding hydrogens is 479 g/mol. The smallest absolute Gasteiger partial charge is 0.413 e. The zero-order valence-corrected chi connectivity index (χ0v) is 19.9. The van der Waals surface area contributed by atoms with E-state index in [9.17, 15) is 22.8 Å². The van der Waals surface area contributed by atoms with E-state index >= 15 is 0 Å². The number of carbonyl (C=O) groups is 2. The molecule has 12 heteroatoms. The van der Waals surface area contributed by atoms with Gasteiger partial charge in [-0.05, 0) is 58.0 Å². The summed E-state index contributed by atoms with van der Waals surface area (Å²) < 4.78 is 52.9. The largest absolute Gasteiger partial charge is 0.444 e. The number of nitrogens with one attached hydrogen (secondary N) is 2. The number of rotatable bonds is 4. The van der Waals surface area contributed by atoms with Gasteiger partial charge in [0.25, 0.3) is 12.3 Å². The van der Waals surface area contributed by atoms with Gasteiger partial charge < -0.3 is 14.8 Å². The van der Waals surface area contributed by atoms with Crippen LogP contribution in [0.5, 0.6) is 0 Å². The monoisotopic (exact) mass is 503 g/mol. The van der Waals surface area contributed by atoms with Gasteiger partial charge in [0.1, 0.15) is 35.1 Å². The summed E-state index contributed by atoms with van der Waals surface area (Å²) in [6.45, 7) is 5.45. The van der Waals surface area contributed by atoms with E-state index in [0.29, 0.717) is 0 Å². The van der Waals surface area contributed by atoms with E-state index in [1.165, 1.54) is 30.5 Å². The first-order valence-electron chi connectivity index (χ1n) is 10.8. The minimum absolute atomic E-state index is 0.0236. The number of benzene rings is 1. The maximum Gasteiger partial charge on any atom is 0.413 e. The number of amides is 2. The second kappa shape index (κ2) is 10.3. The van der Waals surface area contributed by atoms with Crippen molar-refractivity contribution in [2.75, 3.05) is 11.9 Å². The molecule has 0 fully saturated rings. The van der Waals surface area contributed by atoms with E-state index < -0.39 is 53.9 Å². The molecule has 0 radical (unpaired) electrons. The van der Waals surface area contributed by atoms with Crippen LogP contribution in [0.4, 0.5) is 23.7 Å². The molecule has 0 saturated heterocycles. The first-order chi connectivity index (χ1) is 16.8. The van der Waals surface area contributed by atoms with Crippen molar-refractivity contribution in [2.45, 2.75) is 51.4 Å². The fourth-order valence-electron chi connectivity index (χ4n) is 3.19. The summed E-state index contributed by atoms with van der Waals surface area (Å²) in [5.74, 6) is -1.85. The number of nitrogens with zero attached hydrogens (tertiary/aromatic N) is 3. The van der Waals surface area contributed by atoms with Crippen molar-refractivity contribution in [3.05, 3.63) is 59.2 Å². The predicted octanol–water partition coefficient (Wildman–Crippen LogP) is 4.36. The van der Waals surface area contributed by atoms with Gasteiger partial charge in [-0.1, -0.05) is 0 Å². The normalized spacial score (nSPS) is 19.8. The molecule has 0 aliphatic carbocycles. The SMILES string of the molecule is CC(C)(C)OC(=O)NC1=NC(c2cc(NC(=O)c3ccc(C#N)cn3)ccc2F)COC1(C)C(F)F. The summed E-state index contributed by atoms with van der Waals surface area (Å²) >= 11 is 0. The minimum Gasteiger partial charge on any atom is -0.444 e. The van der Waals surface area contributed by atoms with E-state index in [-0.39, 0.29) is 22.5 Å². The molecule has 190 valence electrons. The summed E-state index contributed by atoms with van der Waals surface area (Å²) in [4.78, 5) is 32.8. The van der Waals surface area contributed by atoms with Gasteiger partial charge in [-0.25, -0.2) is 22.9 Å². The van der Waals surface area contributed by atoms with Crippen molar-refractivity contribution < 1.29 is 32.2 Å². The molecule has 1 aromatic carbocycles. The number of hydrogen-bond acceptors (Lipinski definition) is 7. The van der Waals surface area contributed by atoms with Gasteiger partial charge in [-0.3, -0.25) is 15.1 Å². The lowest BCUT2D eigenvalue weighted by Crippen LogP contribution is -2.56. The molecule has 2 heterocycles. The second-order valence-corrected chi connectivity index (χ2v) is 9.07. The number of anilines is 1. The molecule has 1 aliphatic heterocycles. The van der Waals surface area contributed by atoms with Crippen LogP contribution in [0, 0.1) is 17.1 Å². The van der Waals surface area contributed by atoms with Gasteiger partial charge >= 0.3 is 6.09 Å². The lowest BCUT2D eigenvalue weighted by atomic mass is 10.00. The summed E-state index contributed by atoms with van der Waals surface area (Å²) in [6.07, 6.45) is -2.84. The molecule has 36 heavy (non-hydrogen) atoms. The van der Waals surface area contributed by atoms with Crippen molar-refractivity contribution in [3.8, 4) is 6.07 Å². The van der Waals surface area contributed by atoms with Crippen molar-refractivity contribution >= 4 is 23.5 Å². The highest BCUT2D eigenvalue weighted by Gasteiger charge is 2.46. The Hall–Kier alpha value is -3.98. The topological polar surface area (TPSA) is 126 Å². The molecular formula is C24H24F3N5O4. The van der Waals surface area contributed by atoms with Gasteiger partial charge in [0.15, 0.2) is 5.60 Å². The Morgan fingerprint density at radius 3 is 2.56 bits per heavy atom. The molecule has 2 N–H and O–H groups in total. The third-order valence-corrected chi connectivity index (χ3v) is 5.07. The van der Waals surface area contributed by atoms with Crippen LogP contribution in [0.25, 0.3) is 0 Å². The van der Waals surface area contributed by atoms with Gasteiger partial charge in [0.2, 0.25) is 0 Å². The van der Waals surface area contributed by atoms with Crippen LogP contribution in [0.2, 0.25) is 0 Å². The molecule has 3 rings (SSSR count). The lowest BCUT2D eigenvalue weighted by molar-refractivity contribution is -0.0976. The Bertz CT molecular complexity index is 1220. The average molecular weight is 503 g/mol. The third kappa shape index (κ3) is 6.17. The number of alkyl halides is 2. The van der Waals surface area contributed by atoms with Crippen LogP contribution in [0.1, 0.15) is 55.4 Å². The minimum atomic E-state index is -3.05. The maximum atomic E-state index is 14.7. The lowest BCUT2D eigenvalue weighted by Gasteiger charge is -2.36. The molecule has 2 amide bonds. The van der Waals surface area contributed by atoms with Crippen LogP contribution in [-0.4, -0.2) is 47.1 Å². The number of amidine groups is 1. The first-order valence-corrected chi connectivity index (χ1v) is 10.8. The van der Waals surface area contributed by atoms with Crippen LogP contribution in [0.3, 0.4) is 0 Å². The first kappa shape index (κ1) is 26.6. The Balaban J connectivity index is 1.88. The van der Waals surface area contributed by atoms with Crippen LogP contribution in [0.15, 0.2) is 41.5 Å². The van der Waals surface area contributed by atoms with Crippen molar-refractivity contribution in [1.29, 1.82) is 5.26 Å². The number of nitriles is 1. The number of aromatic nitrogens is 1. The van der Waals surface area contributed by atoms with Gasteiger partial charge in [-0.2, -0.15) is 5.26 Å². The van der Waals surface area contributed by atoms with Gasteiger partial charge in [0, 0.05) is 17.4 Å². The Kier molecular flexibility index (Phi) is 7.64. The molecule has 0 spiro atoms. The fourth-order valence-corrected chi connectivity index (χ4v) is 3.19. The van der Waals surface area contributed by atoms with Crippen molar-refractivity contribution in [2.24, 2.45) is 4.99 Å². The molecule has 0 bridgehead atoms. The summed E-state index contributed by atoms with van der Waals surface area (Å²) in [7, 11) is 0. The highest BCUT2D eigenvalue weighted by Crippen LogP contribution is 2.33. The van der Waals surface area contributed by atoms with E-state index in [1.54, 1.807) is 20.8 Å². The zero-order valence-electron chi connectivity index (χ0n) is 19.9.